The van der Waals surface area contributed by atoms with Crippen LogP contribution in [0, 0.1) is 5.92 Å². The van der Waals surface area contributed by atoms with Crippen molar-refractivity contribution in [3.63, 3.8) is 0 Å². The van der Waals surface area contributed by atoms with E-state index in [1.54, 1.807) is 13.8 Å². The molecule has 0 radical (unpaired) electrons. The third-order valence-electron chi connectivity index (χ3n) is 7.04. The molecule has 0 aliphatic carbocycles. The lowest BCUT2D eigenvalue weighted by Gasteiger charge is -2.31. The van der Waals surface area contributed by atoms with E-state index in [4.69, 9.17) is 0 Å². The summed E-state index contributed by atoms with van der Waals surface area (Å²) in [5.41, 5.74) is 0. The van der Waals surface area contributed by atoms with Gasteiger partial charge in [-0.25, -0.2) is 0 Å². The molecule has 1 rings (SSSR count). The van der Waals surface area contributed by atoms with Crippen molar-refractivity contribution in [3.05, 3.63) is 0 Å². The molecule has 1 unspecified atom stereocenters. The Morgan fingerprint density at radius 1 is 0.783 bits per heavy atom. The predicted octanol–water partition coefficient (Wildman–Crippen LogP) is -1.64. The van der Waals surface area contributed by atoms with Crippen molar-refractivity contribution < 1.29 is 43.8 Å². The van der Waals surface area contributed by atoms with Gasteiger partial charge in [0.15, 0.2) is 0 Å². The zero-order valence-corrected chi connectivity index (χ0v) is 28.0. The first-order valence-corrected chi connectivity index (χ1v) is 15.8. The van der Waals surface area contributed by atoms with Gasteiger partial charge in [0, 0.05) is 25.0 Å². The number of amides is 6. The summed E-state index contributed by atoms with van der Waals surface area (Å²) in [6.45, 7) is 12.0. The molecule has 6 amide bonds. The highest BCUT2D eigenvalue weighted by Crippen LogP contribution is 2.21. The van der Waals surface area contributed by atoms with E-state index in [1.165, 1.54) is 11.8 Å². The van der Waals surface area contributed by atoms with Crippen molar-refractivity contribution in [2.75, 3.05) is 19.6 Å². The second-order valence-electron chi connectivity index (χ2n) is 12.6. The Bertz CT molecular complexity index is 1070. The molecule has 1 aliphatic heterocycles. The highest BCUT2D eigenvalue weighted by molar-refractivity contribution is 5.96. The van der Waals surface area contributed by atoms with Crippen LogP contribution in [0.25, 0.3) is 0 Å². The number of aliphatic hydroxyl groups is 1. The van der Waals surface area contributed by atoms with Gasteiger partial charge in [-0.3, -0.25) is 33.6 Å². The third-order valence-corrected chi connectivity index (χ3v) is 7.04. The minimum Gasteiger partial charge on any atom is -0.481 e. The standard InChI is InChI=1S/C30H53N7O9/c1-16(2)13-21(33-17(3)4)30(46)37-12-8-9-22(37)28(44)35-20(10-11-25(41)42)27(43)36-26(19(7)38)29(45)32-14-23(39)31-15-24(40)34-18(5)6/h16-22,26,33,38H,8-15H2,1-7H3,(H,31,39)(H,32,45)(H,34,40)(H,35,44)(H,36,43)(H,41,42)/t19?,20-,21-,22-,26-/m0/s1. The number of carbonyl (C=O) groups excluding carboxylic acids is 6. The summed E-state index contributed by atoms with van der Waals surface area (Å²) in [6.07, 6.45) is -0.783. The average molecular weight is 656 g/mol. The Morgan fingerprint density at radius 3 is 1.96 bits per heavy atom. The van der Waals surface area contributed by atoms with E-state index in [9.17, 15) is 43.8 Å². The number of nitrogens with one attached hydrogen (secondary N) is 6. The first-order chi connectivity index (χ1) is 21.4. The number of carboxylic acid groups (broad SMARTS) is 1. The van der Waals surface area contributed by atoms with Gasteiger partial charge in [-0.05, 0) is 52.4 Å². The van der Waals surface area contributed by atoms with Gasteiger partial charge in [-0.1, -0.05) is 27.7 Å². The van der Waals surface area contributed by atoms with Crippen LogP contribution < -0.4 is 31.9 Å². The van der Waals surface area contributed by atoms with Gasteiger partial charge in [0.1, 0.15) is 18.1 Å². The Balaban J connectivity index is 2.97. The topological polar surface area (TPSA) is 235 Å². The molecule has 1 aliphatic rings. The molecular weight excluding hydrogens is 602 g/mol. The second kappa shape index (κ2) is 19.7. The van der Waals surface area contributed by atoms with Crippen LogP contribution in [0.3, 0.4) is 0 Å². The van der Waals surface area contributed by atoms with Gasteiger partial charge >= 0.3 is 5.97 Å². The van der Waals surface area contributed by atoms with Crippen LogP contribution in [0.1, 0.15) is 80.6 Å². The molecule has 0 bridgehead atoms. The maximum atomic E-state index is 13.5. The number of likely N-dealkylation sites (tertiary alicyclic amines) is 1. The van der Waals surface area contributed by atoms with Crippen LogP contribution in [0.15, 0.2) is 0 Å². The fourth-order valence-corrected chi connectivity index (χ4v) is 4.97. The van der Waals surface area contributed by atoms with Crippen molar-refractivity contribution in [3.8, 4) is 0 Å². The lowest BCUT2D eigenvalue weighted by molar-refractivity contribution is -0.142. The van der Waals surface area contributed by atoms with Crippen LogP contribution >= 0.6 is 0 Å². The molecule has 1 heterocycles. The summed E-state index contributed by atoms with van der Waals surface area (Å²) in [6, 6.07) is -4.46. The molecule has 1 saturated heterocycles. The van der Waals surface area contributed by atoms with Crippen molar-refractivity contribution in [2.24, 2.45) is 5.92 Å². The number of hydrogen-bond acceptors (Lipinski definition) is 9. The van der Waals surface area contributed by atoms with Gasteiger partial charge in [-0.2, -0.15) is 0 Å². The number of hydrogen-bond donors (Lipinski definition) is 8. The summed E-state index contributed by atoms with van der Waals surface area (Å²) >= 11 is 0. The number of carboxylic acids is 1. The van der Waals surface area contributed by atoms with Crippen molar-refractivity contribution in [1.82, 2.24) is 36.8 Å². The molecule has 16 heteroatoms. The lowest BCUT2D eigenvalue weighted by Crippen LogP contribution is -2.60. The first-order valence-electron chi connectivity index (χ1n) is 15.8. The normalized spacial score (nSPS) is 17.2. The van der Waals surface area contributed by atoms with Crippen LogP contribution in [0.4, 0.5) is 0 Å². The summed E-state index contributed by atoms with van der Waals surface area (Å²) < 4.78 is 0. The minimum absolute atomic E-state index is 0.0244. The Morgan fingerprint density at radius 2 is 1.41 bits per heavy atom. The maximum Gasteiger partial charge on any atom is 0.303 e. The average Bonchev–Trinajstić information content (AvgIpc) is 3.43. The quantitative estimate of drug-likeness (QED) is 0.0790. The molecule has 1 fully saturated rings. The van der Waals surface area contributed by atoms with Gasteiger partial charge in [0.25, 0.3) is 0 Å². The van der Waals surface area contributed by atoms with Gasteiger partial charge in [0.2, 0.25) is 35.4 Å². The van der Waals surface area contributed by atoms with E-state index in [2.05, 4.69) is 31.9 Å². The SMILES string of the molecule is CC(C)C[C@H](NC(C)C)C(=O)N1CCC[C@H]1C(=O)N[C@@H](CCC(=O)O)C(=O)N[C@H](C(=O)NCC(=O)NCC(=O)NC(C)C)C(C)O. The molecule has 16 nitrogen and oxygen atoms in total. The third kappa shape index (κ3) is 14.5. The summed E-state index contributed by atoms with van der Waals surface area (Å²) in [4.78, 5) is 89.6. The Hall–Kier alpha value is -3.79. The largest absolute Gasteiger partial charge is 0.481 e. The van der Waals surface area contributed by atoms with E-state index in [0.717, 1.165) is 0 Å². The van der Waals surface area contributed by atoms with Crippen LogP contribution in [0.2, 0.25) is 0 Å². The zero-order chi connectivity index (χ0) is 35.1. The molecule has 0 saturated carbocycles. The van der Waals surface area contributed by atoms with Crippen molar-refractivity contribution in [2.45, 2.75) is 123 Å². The minimum atomic E-state index is -1.56. The van der Waals surface area contributed by atoms with Crippen molar-refractivity contribution >= 4 is 41.4 Å². The summed E-state index contributed by atoms with van der Waals surface area (Å²) in [7, 11) is 0. The molecule has 0 aromatic carbocycles. The molecule has 0 aromatic heterocycles. The zero-order valence-electron chi connectivity index (χ0n) is 28.0. The molecule has 46 heavy (non-hydrogen) atoms. The van der Waals surface area contributed by atoms with Crippen molar-refractivity contribution in [1.29, 1.82) is 0 Å². The lowest BCUT2D eigenvalue weighted by atomic mass is 10.0. The molecule has 5 atom stereocenters. The van der Waals surface area contributed by atoms with E-state index in [0.29, 0.717) is 25.8 Å². The Kier molecular flexibility index (Phi) is 17.2. The molecule has 0 spiro atoms. The molecular formula is C30H53N7O9. The smallest absolute Gasteiger partial charge is 0.303 e. The number of aliphatic hydroxyl groups excluding tert-OH is 1. The van der Waals surface area contributed by atoms with E-state index >= 15 is 0 Å². The highest BCUT2D eigenvalue weighted by Gasteiger charge is 2.39. The van der Waals surface area contributed by atoms with Crippen LogP contribution in [0.5, 0.6) is 0 Å². The fourth-order valence-electron chi connectivity index (χ4n) is 4.97. The number of rotatable bonds is 19. The summed E-state index contributed by atoms with van der Waals surface area (Å²) in [5.74, 6) is -4.85. The van der Waals surface area contributed by atoms with E-state index in [-0.39, 0.29) is 36.9 Å². The maximum absolute atomic E-state index is 13.5. The predicted molar refractivity (Wildman–Crippen MR) is 168 cm³/mol. The summed E-state index contributed by atoms with van der Waals surface area (Å²) in [5, 5.41) is 34.8. The van der Waals surface area contributed by atoms with E-state index in [1.807, 2.05) is 27.7 Å². The van der Waals surface area contributed by atoms with Crippen LogP contribution in [-0.2, 0) is 33.6 Å². The number of carbonyl (C=O) groups is 7. The monoisotopic (exact) mass is 655 g/mol. The first kappa shape index (κ1) is 40.2. The van der Waals surface area contributed by atoms with Gasteiger partial charge < -0.3 is 47.0 Å². The Labute approximate surface area is 270 Å². The number of nitrogens with zero attached hydrogens (tertiary/aromatic N) is 1. The van der Waals surface area contributed by atoms with Gasteiger partial charge in [0.05, 0.1) is 25.2 Å². The second-order valence-corrected chi connectivity index (χ2v) is 12.6. The van der Waals surface area contributed by atoms with E-state index < -0.39 is 78.7 Å². The highest BCUT2D eigenvalue weighted by atomic mass is 16.4. The van der Waals surface area contributed by atoms with Crippen LogP contribution in [-0.4, -0.2) is 119 Å². The molecule has 0 aromatic rings. The number of aliphatic carboxylic acids is 1. The van der Waals surface area contributed by atoms with Gasteiger partial charge in [-0.15, -0.1) is 0 Å². The molecule has 8 N–H and O–H groups in total. The molecule has 262 valence electrons. The fraction of sp³-hybridized carbons (Fsp3) is 0.767.